The van der Waals surface area contributed by atoms with Crippen LogP contribution in [0.4, 0.5) is 11.4 Å². The van der Waals surface area contributed by atoms with Crippen LogP contribution < -0.4 is 0 Å². The van der Waals surface area contributed by atoms with Crippen LogP contribution in [0.5, 0.6) is 0 Å². The Kier molecular flexibility index (Phi) is 19.3. The summed E-state index contributed by atoms with van der Waals surface area (Å²) in [5.74, 6) is -0.325. The summed E-state index contributed by atoms with van der Waals surface area (Å²) in [6.07, 6.45) is 0. The van der Waals surface area contributed by atoms with Crippen molar-refractivity contribution in [2.24, 2.45) is 0 Å². The maximum Gasteiger partial charge on any atom is 0 e. The second kappa shape index (κ2) is 17.5. The average Bonchev–Trinajstić information content (AvgIpc) is 3.11. The van der Waals surface area contributed by atoms with Crippen molar-refractivity contribution in [1.82, 2.24) is 0 Å². The maximum absolute atomic E-state index is 10.5. The van der Waals surface area contributed by atoms with Gasteiger partial charge in [-0.05, 0) is 6.92 Å². The fraction of sp³-hybridized carbons (Fsp3) is 0.0667. The first-order valence-electron chi connectivity index (χ1n) is 5.64. The first-order chi connectivity index (χ1) is 10.6. The number of nitro groups is 1. The second-order valence-corrected chi connectivity index (χ2v) is 3.37. The number of nitrogens with zero attached hydrogens (tertiary/aromatic N) is 2. The zero-order chi connectivity index (χ0) is 17.4. The molecule has 122 valence electrons. The van der Waals surface area contributed by atoms with E-state index in [2.05, 4.69) is 18.6 Å². The predicted molar refractivity (Wildman–Crippen MR) is 76.7 cm³/mol. The van der Waals surface area contributed by atoms with Crippen molar-refractivity contribution < 1.29 is 36.1 Å². The van der Waals surface area contributed by atoms with Crippen molar-refractivity contribution in [2.45, 2.75) is 6.92 Å². The van der Waals surface area contributed by atoms with Crippen LogP contribution in [-0.2, 0) is 31.2 Å². The first-order valence-corrected chi connectivity index (χ1v) is 5.64. The van der Waals surface area contributed by atoms with Gasteiger partial charge in [0.25, 0.3) is 5.69 Å². The molecule has 0 atom stereocenters. The van der Waals surface area contributed by atoms with Gasteiger partial charge in [0.2, 0.25) is 0 Å². The SMILES string of the molecule is CC(=O)[N-]c1ccc([N+](=O)[O-])cc1.[C-]#[O+].[C-]#[O+].[Fe].c1cc[cH-]c1. The largest absolute Gasteiger partial charge is 0.214 e. The summed E-state index contributed by atoms with van der Waals surface area (Å²) in [5, 5.41) is 13.8. The molecule has 0 aliphatic carbocycles. The fourth-order valence-electron chi connectivity index (χ4n) is 1.15. The molecular formula is C15H12FeN2O5-2. The van der Waals surface area contributed by atoms with E-state index < -0.39 is 4.92 Å². The van der Waals surface area contributed by atoms with Crippen LogP contribution in [0.1, 0.15) is 6.92 Å². The van der Waals surface area contributed by atoms with Gasteiger partial charge in [0.1, 0.15) is 0 Å². The molecule has 0 aliphatic heterocycles. The number of benzene rings is 1. The fourth-order valence-corrected chi connectivity index (χ4v) is 1.15. The Labute approximate surface area is 144 Å². The summed E-state index contributed by atoms with van der Waals surface area (Å²) in [7, 11) is 0. The molecule has 0 fully saturated rings. The molecule has 0 saturated carbocycles. The molecule has 0 N–H and O–H groups in total. The Morgan fingerprint density at radius 3 is 1.83 bits per heavy atom. The van der Waals surface area contributed by atoms with Gasteiger partial charge in [-0.2, -0.15) is 18.2 Å². The van der Waals surface area contributed by atoms with Crippen molar-refractivity contribution in [2.75, 3.05) is 0 Å². The normalized spacial score (nSPS) is 7.17. The standard InChI is InChI=1S/C8H8N2O3.C5H5.2CO.Fe/c1-6(11)9-7-2-4-8(5-3-7)10(12)13;1-2-4-5-3-1;2*1-2;/h2-5H,1H3,(H,9,11);1-5H;;;/q;-1;;;/p-1. The average molecular weight is 356 g/mol. The van der Waals surface area contributed by atoms with Gasteiger partial charge in [-0.1, -0.05) is 12.1 Å². The van der Waals surface area contributed by atoms with Crippen LogP contribution in [0.15, 0.2) is 54.6 Å². The predicted octanol–water partition coefficient (Wildman–Crippen LogP) is 3.47. The molecule has 2 aromatic rings. The van der Waals surface area contributed by atoms with Crippen molar-refractivity contribution in [3.8, 4) is 0 Å². The van der Waals surface area contributed by atoms with E-state index in [0.717, 1.165) is 0 Å². The maximum atomic E-state index is 10.5. The quantitative estimate of drug-likeness (QED) is 0.270. The van der Waals surface area contributed by atoms with Gasteiger partial charge in [0, 0.05) is 29.2 Å². The summed E-state index contributed by atoms with van der Waals surface area (Å²) in [6.45, 7) is 10.3. The van der Waals surface area contributed by atoms with Crippen LogP contribution in [0.3, 0.4) is 0 Å². The minimum atomic E-state index is -0.502. The molecule has 0 spiro atoms. The van der Waals surface area contributed by atoms with E-state index >= 15 is 0 Å². The van der Waals surface area contributed by atoms with Gasteiger partial charge in [0.15, 0.2) is 0 Å². The Hall–Kier alpha value is -2.56. The van der Waals surface area contributed by atoms with Gasteiger partial charge in [-0.15, -0.1) is 5.69 Å². The Morgan fingerprint density at radius 2 is 1.57 bits per heavy atom. The number of carbonyl (C=O) groups excluding carboxylic acids is 1. The van der Waals surface area contributed by atoms with Crippen LogP contribution >= 0.6 is 0 Å². The molecule has 7 nitrogen and oxygen atoms in total. The number of nitro benzene ring substituents is 1. The second-order valence-electron chi connectivity index (χ2n) is 3.37. The number of amides is 1. The van der Waals surface area contributed by atoms with E-state index in [4.69, 9.17) is 9.30 Å². The molecule has 23 heavy (non-hydrogen) atoms. The molecule has 0 heterocycles. The first kappa shape index (κ1) is 25.4. The zero-order valence-electron chi connectivity index (χ0n) is 12.0. The molecule has 8 heteroatoms. The molecule has 0 unspecified atom stereocenters. The molecule has 2 rings (SSSR count). The van der Waals surface area contributed by atoms with Crippen LogP contribution in [0.2, 0.25) is 0 Å². The summed E-state index contributed by atoms with van der Waals surface area (Å²) < 4.78 is 15.0. The van der Waals surface area contributed by atoms with Crippen molar-refractivity contribution in [1.29, 1.82) is 0 Å². The molecule has 0 bridgehead atoms. The zero-order valence-corrected chi connectivity index (χ0v) is 13.1. The molecular weight excluding hydrogens is 344 g/mol. The minimum absolute atomic E-state index is 0. The van der Waals surface area contributed by atoms with Crippen LogP contribution in [-0.4, -0.2) is 10.8 Å². The van der Waals surface area contributed by atoms with Gasteiger partial charge in [0.05, 0.1) is 10.8 Å². The number of hydrogen-bond acceptors (Lipinski definition) is 3. The monoisotopic (exact) mass is 356 g/mol. The van der Waals surface area contributed by atoms with Gasteiger partial charge < -0.3 is 10.1 Å². The van der Waals surface area contributed by atoms with E-state index in [1.807, 2.05) is 30.3 Å². The molecule has 0 radical (unpaired) electrons. The van der Waals surface area contributed by atoms with Gasteiger partial charge >= 0.3 is 22.6 Å². The molecule has 0 aromatic heterocycles. The third-order valence-electron chi connectivity index (χ3n) is 1.90. The number of carbonyl (C=O) groups is 1. The van der Waals surface area contributed by atoms with E-state index in [1.54, 1.807) is 0 Å². The summed E-state index contributed by atoms with van der Waals surface area (Å²) in [6, 6.07) is 15.5. The van der Waals surface area contributed by atoms with Gasteiger partial charge in [-0.3, -0.25) is 10.1 Å². The number of non-ortho nitro benzene ring substituents is 1. The van der Waals surface area contributed by atoms with E-state index in [1.165, 1.54) is 31.2 Å². The Balaban J connectivity index is -0.000000335. The third kappa shape index (κ3) is 14.2. The van der Waals surface area contributed by atoms with Crippen molar-refractivity contribution in [3.63, 3.8) is 0 Å². The Morgan fingerprint density at radius 1 is 1.13 bits per heavy atom. The van der Waals surface area contributed by atoms with Crippen LogP contribution in [0.25, 0.3) is 5.32 Å². The number of hydrogen-bond donors (Lipinski definition) is 0. The van der Waals surface area contributed by atoms with Crippen molar-refractivity contribution in [3.05, 3.63) is 83.3 Å². The van der Waals surface area contributed by atoms with E-state index in [0.29, 0.717) is 5.69 Å². The molecule has 2 aromatic carbocycles. The van der Waals surface area contributed by atoms with Gasteiger partial charge in [-0.25, -0.2) is 12.1 Å². The topological polar surface area (TPSA) is 114 Å². The summed E-state index contributed by atoms with van der Waals surface area (Å²) in [4.78, 5) is 20.3. The van der Waals surface area contributed by atoms with Crippen molar-refractivity contribution >= 4 is 17.3 Å². The Bertz CT molecular complexity index is 554. The molecule has 0 aliphatic rings. The third-order valence-corrected chi connectivity index (χ3v) is 1.90. The summed E-state index contributed by atoms with van der Waals surface area (Å²) >= 11 is 0. The van der Waals surface area contributed by atoms with E-state index in [-0.39, 0.29) is 28.7 Å². The summed E-state index contributed by atoms with van der Waals surface area (Å²) in [5.41, 5.74) is 0.417. The van der Waals surface area contributed by atoms with E-state index in [9.17, 15) is 14.9 Å². The molecule has 1 amide bonds. The smallest absolute Gasteiger partial charge is 0 e. The molecule has 0 saturated heterocycles. The number of rotatable bonds is 2. The minimum Gasteiger partial charge on any atom is -0.214 e. The van der Waals surface area contributed by atoms with Crippen LogP contribution in [0, 0.1) is 23.4 Å².